The van der Waals surface area contributed by atoms with Crippen molar-refractivity contribution in [2.24, 2.45) is 10.8 Å². The zero-order chi connectivity index (χ0) is 10.8. The van der Waals surface area contributed by atoms with Crippen molar-refractivity contribution in [3.63, 3.8) is 0 Å². The molecule has 0 aromatic rings. The molecule has 2 aliphatic rings. The van der Waals surface area contributed by atoms with Crippen LogP contribution >= 0.6 is 31.9 Å². The molecule has 0 aliphatic heterocycles. The third kappa shape index (κ3) is 0.838. The maximum Gasteiger partial charge on any atom is 0.157 e. The van der Waals surface area contributed by atoms with E-state index in [-0.39, 0.29) is 10.6 Å². The van der Waals surface area contributed by atoms with Gasteiger partial charge in [-0.2, -0.15) is 0 Å². The second-order valence-corrected chi connectivity index (χ2v) is 7.17. The first-order valence-electron chi connectivity index (χ1n) is 4.67. The molecule has 3 unspecified atom stereocenters. The topological polar surface area (TPSA) is 34.1 Å². The number of hydrogen-bond donors (Lipinski definition) is 0. The van der Waals surface area contributed by atoms with E-state index in [1.165, 1.54) is 0 Å². The van der Waals surface area contributed by atoms with Gasteiger partial charge in [0.2, 0.25) is 0 Å². The fourth-order valence-corrected chi connectivity index (χ4v) is 5.35. The van der Waals surface area contributed by atoms with Crippen molar-refractivity contribution in [1.82, 2.24) is 0 Å². The van der Waals surface area contributed by atoms with E-state index in [1.807, 2.05) is 13.8 Å². The first-order valence-corrected chi connectivity index (χ1v) is 6.38. The molecule has 78 valence electrons. The van der Waals surface area contributed by atoms with Crippen LogP contribution in [0.5, 0.6) is 0 Å². The Morgan fingerprint density at radius 3 is 2.29 bits per heavy atom. The second-order valence-electron chi connectivity index (χ2n) is 4.84. The number of hydrogen-bond acceptors (Lipinski definition) is 2. The van der Waals surface area contributed by atoms with Crippen molar-refractivity contribution < 1.29 is 9.59 Å². The average molecular weight is 324 g/mol. The summed E-state index contributed by atoms with van der Waals surface area (Å²) < 4.78 is -0.516. The van der Waals surface area contributed by atoms with Gasteiger partial charge in [0.15, 0.2) is 5.78 Å². The van der Waals surface area contributed by atoms with Crippen LogP contribution in [0.2, 0.25) is 0 Å². The van der Waals surface area contributed by atoms with Gasteiger partial charge in [-0.25, -0.2) is 0 Å². The van der Waals surface area contributed by atoms with Crippen LogP contribution in [-0.2, 0) is 9.59 Å². The molecular weight excluding hydrogens is 312 g/mol. The summed E-state index contributed by atoms with van der Waals surface area (Å²) in [5.74, 6) is 0.158. The maximum absolute atomic E-state index is 12.1. The lowest BCUT2D eigenvalue weighted by molar-refractivity contribution is -0.136. The van der Waals surface area contributed by atoms with Crippen molar-refractivity contribution in [3.8, 4) is 0 Å². The van der Waals surface area contributed by atoms with E-state index in [2.05, 4.69) is 31.9 Å². The molecular formula is C10H12Br2O2. The molecule has 4 heteroatoms. The Labute approximate surface area is 100 Å². The van der Waals surface area contributed by atoms with Crippen molar-refractivity contribution in [1.29, 1.82) is 0 Å². The van der Waals surface area contributed by atoms with Gasteiger partial charge in [-0.3, -0.25) is 4.79 Å². The Bertz CT molecular complexity index is 326. The first-order chi connectivity index (χ1) is 6.33. The van der Waals surface area contributed by atoms with Crippen LogP contribution in [0.1, 0.15) is 26.7 Å². The van der Waals surface area contributed by atoms with E-state index in [0.717, 1.165) is 19.1 Å². The number of aldehydes is 1. The predicted octanol–water partition coefficient (Wildman–Crippen LogP) is 2.47. The zero-order valence-corrected chi connectivity index (χ0v) is 11.3. The molecule has 2 nitrogen and oxygen atoms in total. The normalized spacial score (nSPS) is 49.7. The van der Waals surface area contributed by atoms with Crippen LogP contribution in [0.25, 0.3) is 0 Å². The van der Waals surface area contributed by atoms with E-state index >= 15 is 0 Å². The van der Waals surface area contributed by atoms with Crippen molar-refractivity contribution in [2.75, 3.05) is 0 Å². The van der Waals surface area contributed by atoms with E-state index in [1.54, 1.807) is 0 Å². The minimum absolute atomic E-state index is 0.0671. The van der Waals surface area contributed by atoms with Gasteiger partial charge >= 0.3 is 0 Å². The predicted molar refractivity (Wildman–Crippen MR) is 60.9 cm³/mol. The second kappa shape index (κ2) is 2.70. The van der Waals surface area contributed by atoms with Crippen LogP contribution in [-0.4, -0.2) is 21.2 Å². The van der Waals surface area contributed by atoms with E-state index in [4.69, 9.17) is 0 Å². The maximum atomic E-state index is 12.1. The number of alkyl halides is 2. The Morgan fingerprint density at radius 1 is 1.43 bits per heavy atom. The van der Waals surface area contributed by atoms with Gasteiger partial charge in [-0.1, -0.05) is 45.7 Å². The van der Waals surface area contributed by atoms with Gasteiger partial charge in [-0.05, 0) is 12.8 Å². The Morgan fingerprint density at radius 2 is 2.00 bits per heavy atom. The zero-order valence-electron chi connectivity index (χ0n) is 8.14. The third-order valence-electron chi connectivity index (χ3n) is 4.08. The molecule has 0 spiro atoms. The van der Waals surface area contributed by atoms with E-state index in [0.29, 0.717) is 0 Å². The lowest BCUT2D eigenvalue weighted by Crippen LogP contribution is -2.43. The molecule has 2 aliphatic carbocycles. The lowest BCUT2D eigenvalue weighted by Gasteiger charge is -2.36. The summed E-state index contributed by atoms with van der Waals surface area (Å²) in [7, 11) is 0. The van der Waals surface area contributed by atoms with Gasteiger partial charge in [-0.15, -0.1) is 0 Å². The number of Topliss-reactive ketones (excluding diaryl/α,β-unsaturated/α-hetero) is 1. The monoisotopic (exact) mass is 322 g/mol. The van der Waals surface area contributed by atoms with Crippen molar-refractivity contribution in [3.05, 3.63) is 0 Å². The van der Waals surface area contributed by atoms with Gasteiger partial charge in [0.1, 0.15) is 6.29 Å². The molecule has 0 radical (unpaired) electrons. The largest absolute Gasteiger partial charge is 0.303 e. The SMILES string of the molecule is CC1(C)C(=O)C2(Br)CCC1(C=O)C2Br. The van der Waals surface area contributed by atoms with E-state index in [9.17, 15) is 9.59 Å². The molecule has 2 saturated carbocycles. The average Bonchev–Trinajstić information content (AvgIpc) is 2.45. The van der Waals surface area contributed by atoms with Crippen molar-refractivity contribution >= 4 is 43.9 Å². The quantitative estimate of drug-likeness (QED) is 0.549. The number of rotatable bonds is 1. The molecule has 2 rings (SSSR count). The van der Waals surface area contributed by atoms with Crippen LogP contribution in [0, 0.1) is 10.8 Å². The Kier molecular flexibility index (Phi) is 2.08. The number of ketones is 1. The summed E-state index contributed by atoms with van der Waals surface area (Å²) >= 11 is 7.04. The number of halogens is 2. The smallest absolute Gasteiger partial charge is 0.157 e. The molecule has 0 saturated heterocycles. The number of carbonyl (C=O) groups is 2. The minimum Gasteiger partial charge on any atom is -0.303 e. The van der Waals surface area contributed by atoms with Crippen LogP contribution in [0.4, 0.5) is 0 Å². The molecule has 0 heterocycles. The van der Waals surface area contributed by atoms with Crippen LogP contribution < -0.4 is 0 Å². The summed E-state index contributed by atoms with van der Waals surface area (Å²) in [5, 5.41) is 0. The number of fused-ring (bicyclic) bond motifs is 2. The summed E-state index contributed by atoms with van der Waals surface area (Å²) in [5.41, 5.74) is -1.07. The van der Waals surface area contributed by atoms with Crippen molar-refractivity contribution in [2.45, 2.75) is 35.8 Å². The summed E-state index contributed by atoms with van der Waals surface area (Å²) in [6.07, 6.45) is 2.51. The lowest BCUT2D eigenvalue weighted by atomic mass is 9.65. The highest BCUT2D eigenvalue weighted by Gasteiger charge is 2.74. The first kappa shape index (κ1) is 10.8. The minimum atomic E-state index is -0.551. The molecule has 14 heavy (non-hydrogen) atoms. The van der Waals surface area contributed by atoms with Gasteiger partial charge < -0.3 is 4.79 Å². The fraction of sp³-hybridized carbons (Fsp3) is 0.800. The van der Waals surface area contributed by atoms with Gasteiger partial charge in [0.25, 0.3) is 0 Å². The van der Waals surface area contributed by atoms with Gasteiger partial charge in [0.05, 0.1) is 14.6 Å². The molecule has 0 N–H and O–H groups in total. The highest BCUT2D eigenvalue weighted by molar-refractivity contribution is 9.13. The Balaban J connectivity index is 2.64. The standard InChI is InChI=1S/C10H12Br2O2/c1-8(2)7(14)10(12)4-3-9(8,5-13)6(10)11/h5-6H,3-4H2,1-2H3. The molecule has 0 aromatic heterocycles. The van der Waals surface area contributed by atoms with E-state index < -0.39 is 15.2 Å². The number of carbonyl (C=O) groups excluding carboxylic acids is 2. The highest BCUT2D eigenvalue weighted by atomic mass is 79.9. The highest BCUT2D eigenvalue weighted by Crippen LogP contribution is 2.68. The molecule has 0 amide bonds. The Hall–Kier alpha value is 0.300. The molecule has 3 atom stereocenters. The summed E-state index contributed by atoms with van der Waals surface area (Å²) in [6, 6.07) is 0. The fourth-order valence-electron chi connectivity index (χ4n) is 2.91. The van der Waals surface area contributed by atoms with Crippen LogP contribution in [0.15, 0.2) is 0 Å². The van der Waals surface area contributed by atoms with Gasteiger partial charge in [0, 0.05) is 5.41 Å². The molecule has 2 bridgehead atoms. The molecule has 2 fully saturated rings. The molecule has 0 aromatic carbocycles. The summed E-state index contributed by atoms with van der Waals surface area (Å²) in [6.45, 7) is 3.75. The summed E-state index contributed by atoms with van der Waals surface area (Å²) in [4.78, 5) is 23.4. The van der Waals surface area contributed by atoms with Crippen LogP contribution in [0.3, 0.4) is 0 Å². The third-order valence-corrected chi connectivity index (χ3v) is 7.50.